The van der Waals surface area contributed by atoms with Crippen LogP contribution in [0, 0.1) is 5.92 Å². The van der Waals surface area contributed by atoms with Crippen LogP contribution >= 0.6 is 0 Å². The minimum Gasteiger partial charge on any atom is -0.466 e. The van der Waals surface area contributed by atoms with E-state index in [4.69, 9.17) is 4.74 Å². The number of esters is 1. The van der Waals surface area contributed by atoms with Gasteiger partial charge in [0, 0.05) is 12.2 Å². The Hall–Kier alpha value is -1.88. The van der Waals surface area contributed by atoms with E-state index in [1.165, 1.54) is 5.56 Å². The summed E-state index contributed by atoms with van der Waals surface area (Å²) in [6, 6.07) is 7.89. The van der Waals surface area contributed by atoms with Gasteiger partial charge in [-0.2, -0.15) is 0 Å². The molecule has 1 fully saturated rings. The van der Waals surface area contributed by atoms with Crippen LogP contribution < -0.4 is 5.32 Å². The number of anilines is 1. The van der Waals surface area contributed by atoms with Gasteiger partial charge in [0.2, 0.25) is 5.91 Å². The summed E-state index contributed by atoms with van der Waals surface area (Å²) in [6.45, 7) is 6.07. The number of ether oxygens (including phenoxy) is 1. The Balaban J connectivity index is 1.85. The first-order chi connectivity index (χ1) is 11.1. The second-order valence-electron chi connectivity index (χ2n) is 5.93. The van der Waals surface area contributed by atoms with E-state index < -0.39 is 0 Å². The third-order valence-corrected chi connectivity index (χ3v) is 4.11. The van der Waals surface area contributed by atoms with E-state index in [9.17, 15) is 9.59 Å². The van der Waals surface area contributed by atoms with Crippen molar-refractivity contribution in [3.05, 3.63) is 29.8 Å². The summed E-state index contributed by atoms with van der Waals surface area (Å²) in [7, 11) is 0. The average molecular weight is 318 g/mol. The number of amides is 1. The molecule has 1 amide bonds. The molecule has 1 aliphatic rings. The first kappa shape index (κ1) is 17.5. The van der Waals surface area contributed by atoms with Gasteiger partial charge in [-0.3, -0.25) is 14.5 Å². The van der Waals surface area contributed by atoms with Crippen molar-refractivity contribution in [3.63, 3.8) is 0 Å². The van der Waals surface area contributed by atoms with Crippen molar-refractivity contribution in [2.75, 3.05) is 31.6 Å². The Morgan fingerprint density at radius 2 is 2.17 bits per heavy atom. The highest BCUT2D eigenvalue weighted by Crippen LogP contribution is 2.18. The summed E-state index contributed by atoms with van der Waals surface area (Å²) in [5.41, 5.74) is 2.02. The lowest BCUT2D eigenvalue weighted by Crippen LogP contribution is -2.43. The number of piperidine rings is 1. The van der Waals surface area contributed by atoms with Crippen molar-refractivity contribution in [1.29, 1.82) is 0 Å². The third-order valence-electron chi connectivity index (χ3n) is 4.11. The molecular formula is C18H26N2O3. The van der Waals surface area contributed by atoms with Crippen LogP contribution in [0.4, 0.5) is 5.69 Å². The molecule has 1 aromatic carbocycles. The van der Waals surface area contributed by atoms with Gasteiger partial charge in [-0.15, -0.1) is 0 Å². The number of benzene rings is 1. The lowest BCUT2D eigenvalue weighted by atomic mass is 9.98. The number of rotatable bonds is 6. The maximum Gasteiger partial charge on any atom is 0.310 e. The summed E-state index contributed by atoms with van der Waals surface area (Å²) < 4.78 is 5.09. The molecule has 1 atom stereocenters. The molecule has 5 nitrogen and oxygen atoms in total. The summed E-state index contributed by atoms with van der Waals surface area (Å²) >= 11 is 0. The molecule has 5 heteroatoms. The van der Waals surface area contributed by atoms with Crippen LogP contribution in [0.15, 0.2) is 24.3 Å². The molecule has 23 heavy (non-hydrogen) atoms. The van der Waals surface area contributed by atoms with E-state index in [1.807, 2.05) is 36.1 Å². The lowest BCUT2D eigenvalue weighted by molar-refractivity contribution is -0.150. The predicted molar refractivity (Wildman–Crippen MR) is 90.2 cm³/mol. The topological polar surface area (TPSA) is 58.6 Å². The molecule has 1 heterocycles. The second kappa shape index (κ2) is 8.67. The van der Waals surface area contributed by atoms with Gasteiger partial charge in [0.15, 0.2) is 0 Å². The Morgan fingerprint density at radius 1 is 1.35 bits per heavy atom. The van der Waals surface area contributed by atoms with Crippen molar-refractivity contribution in [2.24, 2.45) is 5.92 Å². The predicted octanol–water partition coefficient (Wildman–Crippen LogP) is 2.46. The molecule has 0 unspecified atom stereocenters. The second-order valence-corrected chi connectivity index (χ2v) is 5.93. The summed E-state index contributed by atoms with van der Waals surface area (Å²) in [6.07, 6.45) is 2.70. The van der Waals surface area contributed by atoms with Crippen LogP contribution in [0.5, 0.6) is 0 Å². The number of likely N-dealkylation sites (tertiary alicyclic amines) is 1. The maximum atomic E-state index is 12.2. The van der Waals surface area contributed by atoms with Crippen LogP contribution in [0.1, 0.15) is 32.3 Å². The van der Waals surface area contributed by atoms with Crippen molar-refractivity contribution in [3.8, 4) is 0 Å². The highest BCUT2D eigenvalue weighted by Gasteiger charge is 2.27. The molecule has 1 aromatic rings. The van der Waals surface area contributed by atoms with Crippen molar-refractivity contribution >= 4 is 17.6 Å². The number of nitrogens with zero attached hydrogens (tertiary/aromatic N) is 1. The standard InChI is InChI=1S/C18H26N2O3/c1-3-14-7-5-9-16(11-14)19-17(21)13-20-10-6-8-15(12-20)18(22)23-4-2/h5,7,9,11,15H,3-4,6,8,10,12-13H2,1-2H3,(H,19,21)/t15-/m0/s1. The number of aryl methyl sites for hydroxylation is 1. The van der Waals surface area contributed by atoms with Crippen molar-refractivity contribution in [1.82, 2.24) is 4.90 Å². The summed E-state index contributed by atoms with van der Waals surface area (Å²) in [4.78, 5) is 26.1. The van der Waals surface area contributed by atoms with Crippen LogP contribution in [0.2, 0.25) is 0 Å². The Kier molecular flexibility index (Phi) is 6.59. The van der Waals surface area contributed by atoms with Gasteiger partial charge in [-0.25, -0.2) is 0 Å². The van der Waals surface area contributed by atoms with E-state index in [2.05, 4.69) is 12.2 Å². The first-order valence-electron chi connectivity index (χ1n) is 8.40. The number of carbonyl (C=O) groups is 2. The number of hydrogen-bond acceptors (Lipinski definition) is 4. The Morgan fingerprint density at radius 3 is 2.91 bits per heavy atom. The van der Waals surface area contributed by atoms with E-state index in [-0.39, 0.29) is 17.8 Å². The normalized spacial score (nSPS) is 18.4. The van der Waals surface area contributed by atoms with Gasteiger partial charge in [0.05, 0.1) is 19.1 Å². The maximum absolute atomic E-state index is 12.2. The van der Waals surface area contributed by atoms with Crippen LogP contribution in [0.25, 0.3) is 0 Å². The first-order valence-corrected chi connectivity index (χ1v) is 8.40. The fraction of sp³-hybridized carbons (Fsp3) is 0.556. The number of nitrogens with one attached hydrogen (secondary N) is 1. The van der Waals surface area contributed by atoms with Crippen LogP contribution in [-0.4, -0.2) is 43.0 Å². The van der Waals surface area contributed by atoms with Gasteiger partial charge in [-0.1, -0.05) is 19.1 Å². The van der Waals surface area contributed by atoms with E-state index in [0.29, 0.717) is 19.7 Å². The van der Waals surface area contributed by atoms with Crippen LogP contribution in [0.3, 0.4) is 0 Å². The number of hydrogen-bond donors (Lipinski definition) is 1. The third kappa shape index (κ3) is 5.36. The quantitative estimate of drug-likeness (QED) is 0.819. The van der Waals surface area contributed by atoms with Crippen molar-refractivity contribution < 1.29 is 14.3 Å². The summed E-state index contributed by atoms with van der Waals surface area (Å²) in [5.74, 6) is -0.295. The lowest BCUT2D eigenvalue weighted by Gasteiger charge is -2.30. The zero-order valence-corrected chi connectivity index (χ0v) is 14.0. The van der Waals surface area contributed by atoms with Gasteiger partial charge < -0.3 is 10.1 Å². The largest absolute Gasteiger partial charge is 0.466 e. The van der Waals surface area contributed by atoms with E-state index in [0.717, 1.165) is 31.5 Å². The molecule has 0 spiro atoms. The highest BCUT2D eigenvalue weighted by molar-refractivity contribution is 5.92. The molecule has 1 saturated heterocycles. The fourth-order valence-corrected chi connectivity index (χ4v) is 2.92. The monoisotopic (exact) mass is 318 g/mol. The van der Waals surface area contributed by atoms with E-state index >= 15 is 0 Å². The SMILES string of the molecule is CCOC(=O)[C@H]1CCCN(CC(=O)Nc2cccc(CC)c2)C1. The Bertz CT molecular complexity index is 545. The Labute approximate surface area is 138 Å². The molecule has 2 rings (SSSR count). The molecule has 0 saturated carbocycles. The smallest absolute Gasteiger partial charge is 0.310 e. The zero-order valence-electron chi connectivity index (χ0n) is 14.0. The molecular weight excluding hydrogens is 292 g/mol. The summed E-state index contributed by atoms with van der Waals surface area (Å²) in [5, 5.41) is 2.94. The molecule has 0 radical (unpaired) electrons. The van der Waals surface area contributed by atoms with E-state index in [1.54, 1.807) is 0 Å². The number of carbonyl (C=O) groups excluding carboxylic acids is 2. The van der Waals surface area contributed by atoms with Crippen LogP contribution in [-0.2, 0) is 20.7 Å². The van der Waals surface area contributed by atoms with Crippen molar-refractivity contribution in [2.45, 2.75) is 33.1 Å². The van der Waals surface area contributed by atoms with Gasteiger partial charge >= 0.3 is 5.97 Å². The highest BCUT2D eigenvalue weighted by atomic mass is 16.5. The van der Waals surface area contributed by atoms with Gasteiger partial charge in [-0.05, 0) is 50.4 Å². The molecule has 0 aliphatic carbocycles. The van der Waals surface area contributed by atoms with Gasteiger partial charge in [0.25, 0.3) is 0 Å². The molecule has 126 valence electrons. The molecule has 0 aromatic heterocycles. The minimum atomic E-state index is -0.145. The average Bonchev–Trinajstić information content (AvgIpc) is 2.55. The minimum absolute atomic E-state index is 0.0391. The molecule has 1 aliphatic heterocycles. The fourth-order valence-electron chi connectivity index (χ4n) is 2.92. The zero-order chi connectivity index (χ0) is 16.7. The molecule has 0 bridgehead atoms. The molecule has 1 N–H and O–H groups in total. The van der Waals surface area contributed by atoms with Gasteiger partial charge in [0.1, 0.15) is 0 Å².